The zero-order valence-corrected chi connectivity index (χ0v) is 14.4. The quantitative estimate of drug-likeness (QED) is 0.582. The lowest BCUT2D eigenvalue weighted by Crippen LogP contribution is -2.38. The van der Waals surface area contributed by atoms with Crippen molar-refractivity contribution in [3.63, 3.8) is 0 Å². The van der Waals surface area contributed by atoms with Gasteiger partial charge >= 0.3 is 5.97 Å². The normalized spacial score (nSPS) is 15.4. The zero-order chi connectivity index (χ0) is 16.5. The monoisotopic (exact) mass is 340 g/mol. The Morgan fingerprint density at radius 1 is 1.39 bits per heavy atom. The standard InChI is InChI=1S/C17H25ClN2O3/c1-2-3-6-19-14-4-5-15(16(18)13-14)17(21)23-12-9-20-7-10-22-11-8-20/h4-5,13,19H,2-3,6-12H2,1H3. The van der Waals surface area contributed by atoms with Gasteiger partial charge in [-0.05, 0) is 24.6 Å². The molecular formula is C17H25ClN2O3. The van der Waals surface area contributed by atoms with Crippen LogP contribution in [0.25, 0.3) is 0 Å². The molecule has 2 rings (SSSR count). The zero-order valence-electron chi connectivity index (χ0n) is 13.6. The molecule has 0 aromatic heterocycles. The van der Waals surface area contributed by atoms with E-state index in [0.717, 1.165) is 57.9 Å². The average molecular weight is 341 g/mol. The second kappa shape index (κ2) is 9.75. The van der Waals surface area contributed by atoms with E-state index < -0.39 is 0 Å². The number of anilines is 1. The van der Waals surface area contributed by atoms with Gasteiger partial charge in [0.1, 0.15) is 6.61 Å². The van der Waals surface area contributed by atoms with Gasteiger partial charge in [-0.15, -0.1) is 0 Å². The Balaban J connectivity index is 1.79. The lowest BCUT2D eigenvalue weighted by atomic mass is 10.2. The summed E-state index contributed by atoms with van der Waals surface area (Å²) in [4.78, 5) is 14.3. The van der Waals surface area contributed by atoms with Crippen LogP contribution in [0.15, 0.2) is 18.2 Å². The maximum absolute atomic E-state index is 12.1. The molecule has 0 unspecified atom stereocenters. The number of ether oxygens (including phenoxy) is 2. The number of esters is 1. The summed E-state index contributed by atoms with van der Waals surface area (Å²) in [6, 6.07) is 5.35. The molecule has 1 saturated heterocycles. The second-order valence-corrected chi connectivity index (χ2v) is 5.97. The van der Waals surface area contributed by atoms with Crippen molar-refractivity contribution in [2.75, 3.05) is 51.3 Å². The number of morpholine rings is 1. The van der Waals surface area contributed by atoms with Gasteiger partial charge < -0.3 is 14.8 Å². The van der Waals surface area contributed by atoms with E-state index >= 15 is 0 Å². The number of nitrogens with zero attached hydrogens (tertiary/aromatic N) is 1. The van der Waals surface area contributed by atoms with Crippen molar-refractivity contribution in [3.8, 4) is 0 Å². The highest BCUT2D eigenvalue weighted by atomic mass is 35.5. The Morgan fingerprint density at radius 3 is 2.87 bits per heavy atom. The van der Waals surface area contributed by atoms with Crippen molar-refractivity contribution in [3.05, 3.63) is 28.8 Å². The molecule has 1 aliphatic rings. The van der Waals surface area contributed by atoms with Crippen molar-refractivity contribution in [2.45, 2.75) is 19.8 Å². The van der Waals surface area contributed by atoms with Crippen molar-refractivity contribution in [1.82, 2.24) is 4.90 Å². The van der Waals surface area contributed by atoms with E-state index in [4.69, 9.17) is 21.1 Å². The van der Waals surface area contributed by atoms with E-state index in [0.29, 0.717) is 17.2 Å². The molecule has 0 spiro atoms. The minimum Gasteiger partial charge on any atom is -0.461 e. The number of rotatable bonds is 8. The van der Waals surface area contributed by atoms with Gasteiger partial charge in [0.15, 0.2) is 0 Å². The highest BCUT2D eigenvalue weighted by Crippen LogP contribution is 2.22. The van der Waals surface area contributed by atoms with Gasteiger partial charge in [-0.2, -0.15) is 0 Å². The summed E-state index contributed by atoms with van der Waals surface area (Å²) in [5.41, 5.74) is 1.34. The van der Waals surface area contributed by atoms with E-state index in [1.54, 1.807) is 12.1 Å². The molecule has 0 radical (unpaired) electrons. The molecule has 1 N–H and O–H groups in total. The molecular weight excluding hydrogens is 316 g/mol. The fraction of sp³-hybridized carbons (Fsp3) is 0.588. The van der Waals surface area contributed by atoms with Gasteiger partial charge in [-0.1, -0.05) is 24.9 Å². The SMILES string of the molecule is CCCCNc1ccc(C(=O)OCCN2CCOCC2)c(Cl)c1. The summed E-state index contributed by atoms with van der Waals surface area (Å²) in [5.74, 6) is -0.372. The van der Waals surface area contributed by atoms with Gasteiger partial charge in [0.2, 0.25) is 0 Å². The van der Waals surface area contributed by atoms with Crippen LogP contribution in [-0.4, -0.2) is 56.9 Å². The van der Waals surface area contributed by atoms with Crippen LogP contribution >= 0.6 is 11.6 Å². The molecule has 128 valence electrons. The molecule has 1 aromatic carbocycles. The smallest absolute Gasteiger partial charge is 0.339 e. The number of hydrogen-bond donors (Lipinski definition) is 1. The molecule has 1 aliphatic heterocycles. The fourth-order valence-corrected chi connectivity index (χ4v) is 2.63. The number of carbonyl (C=O) groups excluding carboxylic acids is 1. The van der Waals surface area contributed by atoms with Crippen LogP contribution in [0.1, 0.15) is 30.1 Å². The van der Waals surface area contributed by atoms with Crippen molar-refractivity contribution in [2.24, 2.45) is 0 Å². The first-order valence-corrected chi connectivity index (χ1v) is 8.59. The van der Waals surface area contributed by atoms with Gasteiger partial charge in [-0.3, -0.25) is 4.90 Å². The second-order valence-electron chi connectivity index (χ2n) is 5.56. The predicted molar refractivity (Wildman–Crippen MR) is 92.4 cm³/mol. The first kappa shape index (κ1) is 18.0. The topological polar surface area (TPSA) is 50.8 Å². The summed E-state index contributed by atoms with van der Waals surface area (Å²) in [6.45, 7) is 7.39. The summed E-state index contributed by atoms with van der Waals surface area (Å²) in [5, 5.41) is 3.70. The van der Waals surface area contributed by atoms with Gasteiger partial charge in [-0.25, -0.2) is 4.79 Å². The number of halogens is 1. The number of nitrogens with one attached hydrogen (secondary N) is 1. The summed E-state index contributed by atoms with van der Waals surface area (Å²) < 4.78 is 10.6. The third kappa shape index (κ3) is 6.01. The van der Waals surface area contributed by atoms with Crippen molar-refractivity contribution >= 4 is 23.3 Å². The molecule has 23 heavy (non-hydrogen) atoms. The van der Waals surface area contributed by atoms with Gasteiger partial charge in [0, 0.05) is 31.9 Å². The Bertz CT molecular complexity index is 505. The molecule has 0 atom stereocenters. The van der Waals surface area contributed by atoms with E-state index in [1.807, 2.05) is 6.07 Å². The lowest BCUT2D eigenvalue weighted by Gasteiger charge is -2.26. The first-order chi connectivity index (χ1) is 11.2. The third-order valence-corrected chi connectivity index (χ3v) is 4.11. The molecule has 1 aromatic rings. The minimum atomic E-state index is -0.372. The Kier molecular flexibility index (Phi) is 7.65. The number of hydrogen-bond acceptors (Lipinski definition) is 5. The first-order valence-electron chi connectivity index (χ1n) is 8.21. The highest BCUT2D eigenvalue weighted by Gasteiger charge is 2.14. The lowest BCUT2D eigenvalue weighted by molar-refractivity contribution is 0.0195. The van der Waals surface area contributed by atoms with E-state index in [1.165, 1.54) is 0 Å². The van der Waals surface area contributed by atoms with Crippen LogP contribution in [0.5, 0.6) is 0 Å². The maximum Gasteiger partial charge on any atom is 0.339 e. The third-order valence-electron chi connectivity index (χ3n) is 3.79. The number of unbranched alkanes of at least 4 members (excludes halogenated alkanes) is 1. The van der Waals surface area contributed by atoms with Crippen LogP contribution in [0.4, 0.5) is 5.69 Å². The van der Waals surface area contributed by atoms with Crippen molar-refractivity contribution in [1.29, 1.82) is 0 Å². The molecule has 0 aliphatic carbocycles. The highest BCUT2D eigenvalue weighted by molar-refractivity contribution is 6.33. The molecule has 0 bridgehead atoms. The van der Waals surface area contributed by atoms with Crippen molar-refractivity contribution < 1.29 is 14.3 Å². The molecule has 1 heterocycles. The van der Waals surface area contributed by atoms with Crippen LogP contribution < -0.4 is 5.32 Å². The predicted octanol–water partition coefficient (Wildman–Crippen LogP) is 3.04. The molecule has 0 amide bonds. The minimum absolute atomic E-state index is 0.367. The Morgan fingerprint density at radius 2 is 2.17 bits per heavy atom. The Labute approximate surface area is 142 Å². The maximum atomic E-state index is 12.1. The molecule has 5 nitrogen and oxygen atoms in total. The van der Waals surface area contributed by atoms with Crippen LogP contribution in [0.3, 0.4) is 0 Å². The van der Waals surface area contributed by atoms with E-state index in [-0.39, 0.29) is 5.97 Å². The summed E-state index contributed by atoms with van der Waals surface area (Å²) in [6.07, 6.45) is 2.23. The molecule has 1 fully saturated rings. The van der Waals surface area contributed by atoms with E-state index in [2.05, 4.69) is 17.1 Å². The van der Waals surface area contributed by atoms with Crippen LogP contribution in [-0.2, 0) is 9.47 Å². The number of carbonyl (C=O) groups is 1. The number of benzene rings is 1. The van der Waals surface area contributed by atoms with Gasteiger partial charge in [0.25, 0.3) is 0 Å². The average Bonchev–Trinajstić information content (AvgIpc) is 2.56. The Hall–Kier alpha value is -1.30. The molecule has 6 heteroatoms. The fourth-order valence-electron chi connectivity index (χ4n) is 2.37. The molecule has 0 saturated carbocycles. The van der Waals surface area contributed by atoms with Crippen LogP contribution in [0.2, 0.25) is 5.02 Å². The largest absolute Gasteiger partial charge is 0.461 e. The van der Waals surface area contributed by atoms with Gasteiger partial charge in [0.05, 0.1) is 23.8 Å². The van der Waals surface area contributed by atoms with Crippen LogP contribution in [0, 0.1) is 0 Å². The van der Waals surface area contributed by atoms with E-state index in [9.17, 15) is 4.79 Å². The summed E-state index contributed by atoms with van der Waals surface area (Å²) in [7, 11) is 0. The summed E-state index contributed by atoms with van der Waals surface area (Å²) >= 11 is 6.20.